The average Bonchev–Trinajstić information content (AvgIpc) is 3.07. The molecule has 1 saturated heterocycles. The molecule has 1 aliphatic heterocycles. The van der Waals surface area contributed by atoms with Crippen molar-refractivity contribution in [3.05, 3.63) is 36.2 Å². The quantitative estimate of drug-likeness (QED) is 0.479. The molecule has 0 atom stereocenters. The van der Waals surface area contributed by atoms with Gasteiger partial charge in [0.05, 0.1) is 17.4 Å². The molecule has 6 heteroatoms. The Hall–Kier alpha value is -2.18. The molecule has 0 unspecified atom stereocenters. The zero-order chi connectivity index (χ0) is 19.4. The summed E-state index contributed by atoms with van der Waals surface area (Å²) in [6, 6.07) is 6.48. The summed E-state index contributed by atoms with van der Waals surface area (Å²) in [6.07, 6.45) is 8.43. The first kappa shape index (κ1) is 19.6. The van der Waals surface area contributed by atoms with Gasteiger partial charge in [-0.1, -0.05) is 26.8 Å². The number of hydrogen-bond acceptors (Lipinski definition) is 4. The summed E-state index contributed by atoms with van der Waals surface area (Å²) in [4.78, 5) is 18.2. The average molecular weight is 370 g/mol. The summed E-state index contributed by atoms with van der Waals surface area (Å²) in [6.45, 7) is 10.4. The number of carbonyl (C=O) groups excluding carboxylic acids is 1. The SMILES string of the molecule is CC(C)(C)CCN1CCC(n2cnc3cc(/C=C/C(=O)NO)ccc32)CC1. The molecule has 0 spiro atoms. The Bertz CT molecular complexity index is 811. The number of likely N-dealkylation sites (tertiary alicyclic amines) is 1. The smallest absolute Gasteiger partial charge is 0.267 e. The monoisotopic (exact) mass is 370 g/mol. The zero-order valence-electron chi connectivity index (χ0n) is 16.5. The molecule has 1 aromatic carbocycles. The Morgan fingerprint density at radius 1 is 1.33 bits per heavy atom. The molecule has 2 heterocycles. The van der Waals surface area contributed by atoms with Crippen molar-refractivity contribution in [2.75, 3.05) is 19.6 Å². The van der Waals surface area contributed by atoms with E-state index >= 15 is 0 Å². The first-order chi connectivity index (χ1) is 12.9. The van der Waals surface area contributed by atoms with Gasteiger partial charge in [-0.05, 0) is 55.0 Å². The first-order valence-corrected chi connectivity index (χ1v) is 9.67. The van der Waals surface area contributed by atoms with Crippen molar-refractivity contribution in [3.63, 3.8) is 0 Å². The van der Waals surface area contributed by atoms with Gasteiger partial charge in [0.2, 0.25) is 0 Å². The molecule has 2 N–H and O–H groups in total. The maximum atomic E-state index is 11.1. The van der Waals surface area contributed by atoms with Gasteiger partial charge in [0.15, 0.2) is 0 Å². The summed E-state index contributed by atoms with van der Waals surface area (Å²) in [5, 5.41) is 8.55. The third-order valence-electron chi connectivity index (χ3n) is 5.26. The van der Waals surface area contributed by atoms with E-state index in [0.29, 0.717) is 11.5 Å². The lowest BCUT2D eigenvalue weighted by Crippen LogP contribution is -2.36. The number of fused-ring (bicyclic) bond motifs is 1. The minimum Gasteiger partial charge on any atom is -0.327 e. The summed E-state index contributed by atoms with van der Waals surface area (Å²) in [5.74, 6) is -0.543. The third kappa shape index (κ3) is 5.17. The molecule has 1 aromatic heterocycles. The number of nitrogens with one attached hydrogen (secondary N) is 1. The number of carbonyl (C=O) groups is 1. The lowest BCUT2D eigenvalue weighted by Gasteiger charge is -2.34. The molecule has 0 aliphatic carbocycles. The van der Waals surface area contributed by atoms with E-state index in [1.807, 2.05) is 18.5 Å². The summed E-state index contributed by atoms with van der Waals surface area (Å²) >= 11 is 0. The predicted octanol–water partition coefficient (Wildman–Crippen LogP) is 3.63. The molecular weight excluding hydrogens is 340 g/mol. The number of aromatic nitrogens is 2. The molecule has 0 bridgehead atoms. The Morgan fingerprint density at radius 2 is 2.07 bits per heavy atom. The highest BCUT2D eigenvalue weighted by Crippen LogP contribution is 2.28. The van der Waals surface area contributed by atoms with Crippen LogP contribution in [-0.4, -0.2) is 45.2 Å². The highest BCUT2D eigenvalue weighted by Gasteiger charge is 2.22. The van der Waals surface area contributed by atoms with Gasteiger partial charge in [0, 0.05) is 25.2 Å². The van der Waals surface area contributed by atoms with Crippen LogP contribution in [-0.2, 0) is 4.79 Å². The third-order valence-corrected chi connectivity index (χ3v) is 5.26. The maximum Gasteiger partial charge on any atom is 0.267 e. The molecule has 1 fully saturated rings. The van der Waals surface area contributed by atoms with E-state index in [9.17, 15) is 4.79 Å². The van der Waals surface area contributed by atoms with Crippen molar-refractivity contribution >= 4 is 23.0 Å². The number of nitrogens with zero attached hydrogens (tertiary/aromatic N) is 3. The largest absolute Gasteiger partial charge is 0.327 e. The topological polar surface area (TPSA) is 70.4 Å². The maximum absolute atomic E-state index is 11.1. The summed E-state index contributed by atoms with van der Waals surface area (Å²) in [7, 11) is 0. The number of benzene rings is 1. The van der Waals surface area contributed by atoms with Crippen molar-refractivity contribution < 1.29 is 10.0 Å². The number of amides is 1. The van der Waals surface area contributed by atoms with Crippen molar-refractivity contribution in [2.45, 2.75) is 46.1 Å². The van der Waals surface area contributed by atoms with E-state index in [2.05, 4.69) is 41.3 Å². The number of piperidine rings is 1. The van der Waals surface area contributed by atoms with E-state index in [4.69, 9.17) is 5.21 Å². The van der Waals surface area contributed by atoms with Crippen LogP contribution >= 0.6 is 0 Å². The first-order valence-electron chi connectivity index (χ1n) is 9.67. The van der Waals surface area contributed by atoms with Crippen LogP contribution < -0.4 is 5.48 Å². The molecule has 146 valence electrons. The van der Waals surface area contributed by atoms with Gasteiger partial charge in [-0.15, -0.1) is 0 Å². The Labute approximate surface area is 160 Å². The predicted molar refractivity (Wildman–Crippen MR) is 107 cm³/mol. The summed E-state index contributed by atoms with van der Waals surface area (Å²) < 4.78 is 2.30. The fourth-order valence-corrected chi connectivity index (χ4v) is 3.57. The minimum atomic E-state index is -0.543. The minimum absolute atomic E-state index is 0.390. The standard InChI is InChI=1S/C21H30N4O2/c1-21(2,3)10-13-24-11-8-17(9-12-24)25-15-22-18-14-16(4-6-19(18)25)5-7-20(26)23-27/h4-7,14-15,17,27H,8-13H2,1-3H3,(H,23,26)/b7-5+. The second kappa shape index (κ2) is 8.23. The second-order valence-corrected chi connectivity index (χ2v) is 8.59. The van der Waals surface area contributed by atoms with E-state index in [-0.39, 0.29) is 0 Å². The zero-order valence-corrected chi connectivity index (χ0v) is 16.5. The van der Waals surface area contributed by atoms with Crippen molar-refractivity contribution in [3.8, 4) is 0 Å². The molecule has 2 aromatic rings. The van der Waals surface area contributed by atoms with Gasteiger partial charge >= 0.3 is 0 Å². The van der Waals surface area contributed by atoms with E-state index < -0.39 is 5.91 Å². The fraction of sp³-hybridized carbons (Fsp3) is 0.524. The van der Waals surface area contributed by atoms with Gasteiger partial charge in [0.25, 0.3) is 5.91 Å². The van der Waals surface area contributed by atoms with E-state index in [0.717, 1.165) is 42.5 Å². The van der Waals surface area contributed by atoms with Crippen molar-refractivity contribution in [1.29, 1.82) is 0 Å². The molecule has 1 amide bonds. The van der Waals surface area contributed by atoms with Crippen LogP contribution in [0.5, 0.6) is 0 Å². The molecule has 3 rings (SSSR count). The van der Waals surface area contributed by atoms with Crippen LogP contribution in [0.2, 0.25) is 0 Å². The lowest BCUT2D eigenvalue weighted by atomic mass is 9.91. The Morgan fingerprint density at radius 3 is 2.74 bits per heavy atom. The fourth-order valence-electron chi connectivity index (χ4n) is 3.57. The van der Waals surface area contributed by atoms with Crippen LogP contribution in [0.4, 0.5) is 0 Å². The molecule has 27 heavy (non-hydrogen) atoms. The lowest BCUT2D eigenvalue weighted by molar-refractivity contribution is -0.124. The van der Waals surface area contributed by atoms with Crippen LogP contribution in [0.25, 0.3) is 17.1 Å². The summed E-state index contributed by atoms with van der Waals surface area (Å²) in [5.41, 5.74) is 4.92. The Balaban J connectivity index is 1.64. The van der Waals surface area contributed by atoms with Crippen LogP contribution in [0, 0.1) is 5.41 Å². The van der Waals surface area contributed by atoms with Gasteiger partial charge in [0.1, 0.15) is 0 Å². The van der Waals surface area contributed by atoms with Crippen molar-refractivity contribution in [2.24, 2.45) is 5.41 Å². The van der Waals surface area contributed by atoms with Gasteiger partial charge in [-0.2, -0.15) is 0 Å². The van der Waals surface area contributed by atoms with E-state index in [1.165, 1.54) is 19.0 Å². The van der Waals surface area contributed by atoms with E-state index in [1.54, 1.807) is 11.6 Å². The molecule has 6 nitrogen and oxygen atoms in total. The van der Waals surface area contributed by atoms with Gasteiger partial charge < -0.3 is 9.47 Å². The van der Waals surface area contributed by atoms with Crippen LogP contribution in [0.3, 0.4) is 0 Å². The normalized spacial score (nSPS) is 17.0. The van der Waals surface area contributed by atoms with Crippen LogP contribution in [0.15, 0.2) is 30.6 Å². The van der Waals surface area contributed by atoms with Gasteiger partial charge in [-0.25, -0.2) is 10.5 Å². The van der Waals surface area contributed by atoms with Crippen LogP contribution in [0.1, 0.15) is 51.6 Å². The Kier molecular flexibility index (Phi) is 5.97. The number of imidazole rings is 1. The molecule has 0 radical (unpaired) electrons. The highest BCUT2D eigenvalue weighted by atomic mass is 16.5. The molecule has 1 aliphatic rings. The van der Waals surface area contributed by atoms with Gasteiger partial charge in [-0.3, -0.25) is 10.0 Å². The second-order valence-electron chi connectivity index (χ2n) is 8.59. The number of rotatable bonds is 5. The molecule has 0 saturated carbocycles. The number of hydroxylamine groups is 1. The highest BCUT2D eigenvalue weighted by molar-refractivity contribution is 5.91. The van der Waals surface area contributed by atoms with Crippen molar-refractivity contribution in [1.82, 2.24) is 19.9 Å². The number of hydrogen-bond donors (Lipinski definition) is 2. The molecular formula is C21H30N4O2.